The van der Waals surface area contributed by atoms with E-state index in [1.54, 1.807) is 21.1 Å². The van der Waals surface area contributed by atoms with E-state index in [0.717, 1.165) is 22.6 Å². The topological polar surface area (TPSA) is 94.5 Å². The number of Topliss-reactive ketones (excluding diaryl/α,β-unsaturated/α-hetero) is 2. The van der Waals surface area contributed by atoms with Gasteiger partial charge in [-0.1, -0.05) is 43.0 Å². The molecule has 8 nitrogen and oxygen atoms in total. The molecule has 0 aliphatic heterocycles. The summed E-state index contributed by atoms with van der Waals surface area (Å²) in [5.74, 6) is 1.35. The Morgan fingerprint density at radius 1 is 0.882 bits per heavy atom. The van der Waals surface area contributed by atoms with Gasteiger partial charge in [-0.25, -0.2) is 4.98 Å². The highest BCUT2D eigenvalue weighted by Gasteiger charge is 2.24. The number of rotatable bonds is 12. The minimum Gasteiger partial charge on any atom is -0.497 e. The Labute approximate surface area is 203 Å². The Hall–Kier alpha value is -3.46. The Balaban J connectivity index is 2.02. The molecule has 0 aliphatic carbocycles. The van der Waals surface area contributed by atoms with E-state index in [0.29, 0.717) is 24.1 Å². The van der Waals surface area contributed by atoms with Gasteiger partial charge < -0.3 is 14.4 Å². The van der Waals surface area contributed by atoms with Gasteiger partial charge in [-0.2, -0.15) is 0 Å². The highest BCUT2D eigenvalue weighted by molar-refractivity contribution is 7.98. The summed E-state index contributed by atoms with van der Waals surface area (Å²) in [6.45, 7) is 2.64. The molecule has 1 aromatic heterocycles. The summed E-state index contributed by atoms with van der Waals surface area (Å²) < 4.78 is 10.5. The van der Waals surface area contributed by atoms with Gasteiger partial charge in [0.05, 0.1) is 20.6 Å². The van der Waals surface area contributed by atoms with Crippen molar-refractivity contribution in [3.05, 3.63) is 65.4 Å². The molecular weight excluding hydrogens is 452 g/mol. The molecule has 0 radical (unpaired) electrons. The quantitative estimate of drug-likeness (QED) is 0.213. The fraction of sp³-hybridized carbons (Fsp3) is 0.320. The zero-order valence-corrected chi connectivity index (χ0v) is 20.6. The zero-order valence-electron chi connectivity index (χ0n) is 19.8. The standard InChI is InChI=1S/C25H28N4O4S/c1-5-19(30)14-22(31)23-24(27-28-25(26-23)34-4)29(15-17-6-10-20(32-2)11-7-17)16-18-8-12-21(33-3)13-9-18/h6-13H,5,14-16H2,1-4H3. The molecule has 178 valence electrons. The lowest BCUT2D eigenvalue weighted by Gasteiger charge is -2.25. The van der Waals surface area contributed by atoms with Crippen LogP contribution in [0.1, 0.15) is 41.4 Å². The molecule has 3 aromatic rings. The maximum atomic E-state index is 13.1. The maximum Gasteiger partial charge on any atom is 0.209 e. The van der Waals surface area contributed by atoms with E-state index in [1.165, 1.54) is 11.8 Å². The number of carbonyl (C=O) groups excluding carboxylic acids is 2. The van der Waals surface area contributed by atoms with Gasteiger partial charge in [-0.15, -0.1) is 10.2 Å². The van der Waals surface area contributed by atoms with E-state index in [4.69, 9.17) is 9.47 Å². The molecule has 34 heavy (non-hydrogen) atoms. The number of hydrogen-bond acceptors (Lipinski definition) is 9. The van der Waals surface area contributed by atoms with Crippen LogP contribution >= 0.6 is 11.8 Å². The predicted octanol–water partition coefficient (Wildman–Crippen LogP) is 4.37. The molecule has 0 saturated carbocycles. The van der Waals surface area contributed by atoms with Crippen LogP contribution in [0.2, 0.25) is 0 Å². The molecule has 3 rings (SSSR count). The Morgan fingerprint density at radius 2 is 1.41 bits per heavy atom. The first-order chi connectivity index (χ1) is 16.5. The number of hydrogen-bond donors (Lipinski definition) is 0. The average molecular weight is 481 g/mol. The number of aromatic nitrogens is 3. The largest absolute Gasteiger partial charge is 0.497 e. The van der Waals surface area contributed by atoms with Gasteiger partial charge in [0.1, 0.15) is 17.3 Å². The maximum absolute atomic E-state index is 13.1. The third-order valence-electron chi connectivity index (χ3n) is 5.21. The van der Waals surface area contributed by atoms with Crippen LogP contribution in [0.5, 0.6) is 11.5 Å². The Bertz CT molecular complexity index is 1070. The molecule has 0 atom stereocenters. The number of methoxy groups -OCH3 is 2. The van der Waals surface area contributed by atoms with Gasteiger partial charge in [0.15, 0.2) is 17.3 Å². The van der Waals surface area contributed by atoms with Crippen LogP contribution in [0.4, 0.5) is 5.82 Å². The normalized spacial score (nSPS) is 10.6. The molecule has 0 bridgehead atoms. The third-order valence-corrected chi connectivity index (χ3v) is 5.75. The van der Waals surface area contributed by atoms with E-state index in [9.17, 15) is 9.59 Å². The third kappa shape index (κ3) is 6.54. The second-order valence-corrected chi connectivity index (χ2v) is 8.29. The predicted molar refractivity (Wildman–Crippen MR) is 132 cm³/mol. The summed E-state index contributed by atoms with van der Waals surface area (Å²) >= 11 is 1.29. The first-order valence-corrected chi connectivity index (χ1v) is 12.0. The summed E-state index contributed by atoms with van der Waals surface area (Å²) in [7, 11) is 3.24. The first-order valence-electron chi connectivity index (χ1n) is 10.8. The molecule has 0 N–H and O–H groups in total. The molecule has 9 heteroatoms. The van der Waals surface area contributed by atoms with E-state index < -0.39 is 0 Å². The van der Waals surface area contributed by atoms with Crippen molar-refractivity contribution in [3.63, 3.8) is 0 Å². The summed E-state index contributed by atoms with van der Waals surface area (Å²) in [6.07, 6.45) is 1.89. The number of ketones is 2. The molecule has 2 aromatic carbocycles. The fourth-order valence-corrected chi connectivity index (χ4v) is 3.59. The van der Waals surface area contributed by atoms with Crippen LogP contribution < -0.4 is 14.4 Å². The number of ether oxygens (including phenoxy) is 2. The van der Waals surface area contributed by atoms with Gasteiger partial charge in [0.25, 0.3) is 0 Å². The lowest BCUT2D eigenvalue weighted by Crippen LogP contribution is -2.27. The van der Waals surface area contributed by atoms with Crippen molar-refractivity contribution in [2.24, 2.45) is 0 Å². The summed E-state index contributed by atoms with van der Waals surface area (Å²) in [6, 6.07) is 15.4. The van der Waals surface area contributed by atoms with Crippen LogP contribution in [-0.2, 0) is 17.9 Å². The molecule has 0 saturated heterocycles. The van der Waals surface area contributed by atoms with Gasteiger partial charge in [-0.3, -0.25) is 9.59 Å². The Kier molecular flexibility index (Phi) is 8.98. The molecule has 0 fully saturated rings. The molecule has 0 aliphatic rings. The SMILES string of the molecule is CCC(=O)CC(=O)c1nc(SC)nnc1N(Cc1ccc(OC)cc1)Cc1ccc(OC)cc1. The van der Waals surface area contributed by atoms with Crippen LogP contribution in [-0.4, -0.2) is 47.2 Å². The average Bonchev–Trinajstić information content (AvgIpc) is 2.88. The van der Waals surface area contributed by atoms with Crippen molar-refractivity contribution in [1.29, 1.82) is 0 Å². The lowest BCUT2D eigenvalue weighted by molar-refractivity contribution is -0.117. The smallest absolute Gasteiger partial charge is 0.209 e. The number of nitrogens with zero attached hydrogens (tertiary/aromatic N) is 4. The van der Waals surface area contributed by atoms with Gasteiger partial charge >= 0.3 is 0 Å². The van der Waals surface area contributed by atoms with Crippen molar-refractivity contribution >= 4 is 29.1 Å². The van der Waals surface area contributed by atoms with Gasteiger partial charge in [0, 0.05) is 19.5 Å². The highest BCUT2D eigenvalue weighted by atomic mass is 32.2. The second-order valence-electron chi connectivity index (χ2n) is 7.52. The first kappa shape index (κ1) is 25.2. The molecule has 0 amide bonds. The monoisotopic (exact) mass is 480 g/mol. The molecule has 0 unspecified atom stereocenters. The zero-order chi connectivity index (χ0) is 24.5. The Morgan fingerprint density at radius 3 is 1.85 bits per heavy atom. The van der Waals surface area contributed by atoms with E-state index in [2.05, 4.69) is 15.2 Å². The van der Waals surface area contributed by atoms with Crippen LogP contribution in [0.25, 0.3) is 0 Å². The highest BCUT2D eigenvalue weighted by Crippen LogP contribution is 2.25. The van der Waals surface area contributed by atoms with Crippen molar-refractivity contribution in [2.75, 3.05) is 25.4 Å². The minimum atomic E-state index is -0.360. The second kappa shape index (κ2) is 12.1. The van der Waals surface area contributed by atoms with Gasteiger partial charge in [-0.05, 0) is 41.6 Å². The molecular formula is C25H28N4O4S. The van der Waals surface area contributed by atoms with Crippen LogP contribution in [0.3, 0.4) is 0 Å². The number of carbonyl (C=O) groups is 2. The van der Waals surface area contributed by atoms with E-state index in [-0.39, 0.29) is 30.1 Å². The van der Waals surface area contributed by atoms with Crippen molar-refractivity contribution < 1.29 is 19.1 Å². The summed E-state index contributed by atoms with van der Waals surface area (Å²) in [5, 5.41) is 8.94. The fourth-order valence-electron chi connectivity index (χ4n) is 3.29. The summed E-state index contributed by atoms with van der Waals surface area (Å²) in [5.41, 5.74) is 2.14. The number of anilines is 1. The lowest BCUT2D eigenvalue weighted by atomic mass is 10.1. The van der Waals surface area contributed by atoms with Gasteiger partial charge in [0.2, 0.25) is 5.16 Å². The van der Waals surface area contributed by atoms with Crippen molar-refractivity contribution in [1.82, 2.24) is 15.2 Å². The van der Waals surface area contributed by atoms with Crippen LogP contribution in [0.15, 0.2) is 53.7 Å². The number of thioether (sulfide) groups is 1. The van der Waals surface area contributed by atoms with Crippen molar-refractivity contribution in [3.8, 4) is 11.5 Å². The van der Waals surface area contributed by atoms with Crippen molar-refractivity contribution in [2.45, 2.75) is 38.0 Å². The van der Waals surface area contributed by atoms with E-state index >= 15 is 0 Å². The minimum absolute atomic E-state index is 0.142. The van der Waals surface area contributed by atoms with Crippen LogP contribution in [0, 0.1) is 0 Å². The number of benzene rings is 2. The van der Waals surface area contributed by atoms with E-state index in [1.807, 2.05) is 59.7 Å². The molecule has 0 spiro atoms. The summed E-state index contributed by atoms with van der Waals surface area (Å²) in [4.78, 5) is 31.5. The molecule has 1 heterocycles.